The molecule has 176 valence electrons. The number of hydrogen-bond acceptors (Lipinski definition) is 4. The first-order chi connectivity index (χ1) is 17.1. The number of amides is 1. The van der Waals surface area contributed by atoms with Crippen LogP contribution in [0.4, 0.5) is 4.79 Å². The van der Waals surface area contributed by atoms with Gasteiger partial charge in [-0.15, -0.1) is 0 Å². The van der Waals surface area contributed by atoms with Gasteiger partial charge in [-0.05, 0) is 46.0 Å². The Balaban J connectivity index is 1.24. The molecule has 0 spiro atoms. The van der Waals surface area contributed by atoms with Gasteiger partial charge in [0, 0.05) is 43.2 Å². The molecule has 0 saturated carbocycles. The molecular formula is C28H25N3O4. The molecule has 0 aliphatic heterocycles. The van der Waals surface area contributed by atoms with Crippen LogP contribution in [0.5, 0.6) is 0 Å². The van der Waals surface area contributed by atoms with Gasteiger partial charge >= 0.3 is 12.1 Å². The number of pyridine rings is 1. The van der Waals surface area contributed by atoms with Crippen molar-refractivity contribution in [1.29, 1.82) is 0 Å². The quantitative estimate of drug-likeness (QED) is 0.399. The molecule has 7 heteroatoms. The van der Waals surface area contributed by atoms with Crippen LogP contribution in [-0.2, 0) is 22.5 Å². The predicted octanol–water partition coefficient (Wildman–Crippen LogP) is 4.47. The normalized spacial score (nSPS) is 13.0. The number of aromatic nitrogens is 2. The fourth-order valence-electron chi connectivity index (χ4n) is 4.67. The molecule has 1 amide bonds. The Bertz CT molecular complexity index is 1300. The van der Waals surface area contributed by atoms with E-state index in [0.29, 0.717) is 6.54 Å². The number of hydrogen-bond donors (Lipinski definition) is 2. The Kier molecular flexibility index (Phi) is 6.30. The topological polar surface area (TPSA) is 93.5 Å². The van der Waals surface area contributed by atoms with E-state index in [1.165, 1.54) is 0 Å². The maximum absolute atomic E-state index is 12.6. The van der Waals surface area contributed by atoms with Crippen molar-refractivity contribution in [3.63, 3.8) is 0 Å². The number of carbonyl (C=O) groups excluding carboxylic acids is 1. The predicted molar refractivity (Wildman–Crippen MR) is 131 cm³/mol. The molecule has 2 heterocycles. The molecule has 0 fully saturated rings. The molecule has 7 nitrogen and oxygen atoms in total. The van der Waals surface area contributed by atoms with Crippen molar-refractivity contribution in [2.24, 2.45) is 0 Å². The molecule has 1 aliphatic rings. The average Bonchev–Trinajstić information content (AvgIpc) is 3.44. The van der Waals surface area contributed by atoms with Crippen molar-refractivity contribution in [3.05, 3.63) is 114 Å². The van der Waals surface area contributed by atoms with Crippen molar-refractivity contribution in [1.82, 2.24) is 14.9 Å². The number of carboxylic acid groups (broad SMARTS) is 1. The number of carboxylic acids is 1. The number of fused-ring (bicyclic) bond motifs is 3. The van der Waals surface area contributed by atoms with E-state index in [-0.39, 0.29) is 18.9 Å². The van der Waals surface area contributed by atoms with Crippen LogP contribution in [0, 0.1) is 0 Å². The summed E-state index contributed by atoms with van der Waals surface area (Å²) >= 11 is 0. The second-order valence-corrected chi connectivity index (χ2v) is 8.55. The number of benzene rings is 2. The highest BCUT2D eigenvalue weighted by Gasteiger charge is 2.30. The molecule has 0 bridgehead atoms. The zero-order chi connectivity index (χ0) is 24.2. The second-order valence-electron chi connectivity index (χ2n) is 8.55. The van der Waals surface area contributed by atoms with Gasteiger partial charge in [-0.2, -0.15) is 0 Å². The first-order valence-electron chi connectivity index (χ1n) is 11.5. The fraction of sp³-hybridized carbons (Fsp3) is 0.179. The molecule has 2 aromatic carbocycles. The first-order valence-corrected chi connectivity index (χ1v) is 11.5. The van der Waals surface area contributed by atoms with Crippen LogP contribution >= 0.6 is 0 Å². The van der Waals surface area contributed by atoms with Crippen molar-refractivity contribution in [3.8, 4) is 11.1 Å². The van der Waals surface area contributed by atoms with Crippen molar-refractivity contribution < 1.29 is 19.4 Å². The Hall–Kier alpha value is -4.39. The third-order valence-corrected chi connectivity index (χ3v) is 6.35. The highest BCUT2D eigenvalue weighted by atomic mass is 16.5. The monoisotopic (exact) mass is 467 g/mol. The van der Waals surface area contributed by atoms with Gasteiger partial charge in [0.1, 0.15) is 12.6 Å². The van der Waals surface area contributed by atoms with Crippen LogP contribution in [0.3, 0.4) is 0 Å². The number of alkyl carbamates (subject to hydrolysis) is 1. The van der Waals surface area contributed by atoms with E-state index in [2.05, 4.69) is 22.4 Å². The van der Waals surface area contributed by atoms with Crippen molar-refractivity contribution in [2.75, 3.05) is 6.61 Å². The lowest BCUT2D eigenvalue weighted by Gasteiger charge is -2.18. The molecule has 0 radical (unpaired) electrons. The van der Waals surface area contributed by atoms with Gasteiger partial charge in [-0.3, -0.25) is 4.98 Å². The maximum atomic E-state index is 12.6. The van der Waals surface area contributed by atoms with Crippen LogP contribution < -0.4 is 5.32 Å². The van der Waals surface area contributed by atoms with Crippen LogP contribution in [-0.4, -0.2) is 39.4 Å². The minimum atomic E-state index is -1.12. The minimum Gasteiger partial charge on any atom is -0.480 e. The third-order valence-electron chi connectivity index (χ3n) is 6.35. The summed E-state index contributed by atoms with van der Waals surface area (Å²) in [6, 6.07) is 22.5. The van der Waals surface area contributed by atoms with E-state index < -0.39 is 18.1 Å². The molecule has 1 atom stereocenters. The third kappa shape index (κ3) is 4.80. The minimum absolute atomic E-state index is 0.0897. The summed E-state index contributed by atoms with van der Waals surface area (Å²) in [6.07, 6.45) is 4.75. The number of nitrogens with zero attached hydrogens (tertiary/aromatic N) is 2. The molecule has 2 aromatic heterocycles. The van der Waals surface area contributed by atoms with Crippen LogP contribution in [0.15, 0.2) is 91.4 Å². The highest BCUT2D eigenvalue weighted by Crippen LogP contribution is 2.44. The first kappa shape index (κ1) is 22.4. The van der Waals surface area contributed by atoms with E-state index in [4.69, 9.17) is 4.74 Å². The highest BCUT2D eigenvalue weighted by molar-refractivity contribution is 5.81. The summed E-state index contributed by atoms with van der Waals surface area (Å²) < 4.78 is 7.49. The lowest BCUT2D eigenvalue weighted by atomic mass is 9.98. The van der Waals surface area contributed by atoms with Crippen molar-refractivity contribution >= 4 is 12.1 Å². The van der Waals surface area contributed by atoms with Gasteiger partial charge in [-0.1, -0.05) is 54.6 Å². The Labute approximate surface area is 203 Å². The van der Waals surface area contributed by atoms with Crippen molar-refractivity contribution in [2.45, 2.75) is 24.9 Å². The largest absolute Gasteiger partial charge is 0.480 e. The Morgan fingerprint density at radius 1 is 0.971 bits per heavy atom. The number of rotatable bonds is 8. The van der Waals surface area contributed by atoms with Gasteiger partial charge in [-0.25, -0.2) is 9.59 Å². The van der Waals surface area contributed by atoms with Gasteiger partial charge in [0.25, 0.3) is 0 Å². The summed E-state index contributed by atoms with van der Waals surface area (Å²) in [5, 5.41) is 12.3. The Morgan fingerprint density at radius 3 is 2.34 bits per heavy atom. The summed E-state index contributed by atoms with van der Waals surface area (Å²) in [6.45, 7) is 0.692. The van der Waals surface area contributed by atoms with Gasteiger partial charge < -0.3 is 19.7 Å². The molecule has 1 aliphatic carbocycles. The fourth-order valence-corrected chi connectivity index (χ4v) is 4.67. The maximum Gasteiger partial charge on any atom is 0.407 e. The molecule has 35 heavy (non-hydrogen) atoms. The molecule has 5 rings (SSSR count). The molecule has 2 N–H and O–H groups in total. The van der Waals surface area contributed by atoms with E-state index in [0.717, 1.165) is 33.5 Å². The van der Waals surface area contributed by atoms with Crippen LogP contribution in [0.2, 0.25) is 0 Å². The van der Waals surface area contributed by atoms with Crippen LogP contribution in [0.25, 0.3) is 11.1 Å². The standard InChI is InChI=1S/C28H25N3O4/c32-27(33)26(15-20-8-6-14-31(20)17-19-7-5-13-29-16-19)30-28(34)35-18-25-23-11-3-1-9-21(23)22-10-2-4-12-24(22)25/h1-14,16,25-26H,15,17-18H2,(H,30,34)(H,32,33). The number of carbonyl (C=O) groups is 2. The van der Waals surface area contributed by atoms with E-state index >= 15 is 0 Å². The summed E-state index contributed by atoms with van der Waals surface area (Å²) in [5.41, 5.74) is 6.26. The summed E-state index contributed by atoms with van der Waals surface area (Å²) in [4.78, 5) is 28.7. The van der Waals surface area contributed by atoms with E-state index in [1.807, 2.05) is 71.4 Å². The molecular weight excluding hydrogens is 442 g/mol. The van der Waals surface area contributed by atoms with Gasteiger partial charge in [0.15, 0.2) is 0 Å². The average molecular weight is 468 g/mol. The molecule has 1 unspecified atom stereocenters. The van der Waals surface area contributed by atoms with Gasteiger partial charge in [0.05, 0.1) is 0 Å². The Morgan fingerprint density at radius 2 is 1.69 bits per heavy atom. The summed E-state index contributed by atoms with van der Waals surface area (Å²) in [7, 11) is 0. The smallest absolute Gasteiger partial charge is 0.407 e. The number of nitrogens with one attached hydrogen (secondary N) is 1. The lowest BCUT2D eigenvalue weighted by molar-refractivity contribution is -0.139. The number of aliphatic carboxylic acids is 1. The molecule has 4 aromatic rings. The SMILES string of the molecule is O=C(NC(Cc1cccn1Cc1cccnc1)C(=O)O)OCC1c2ccccc2-c2ccccc21. The zero-order valence-electron chi connectivity index (χ0n) is 19.0. The van der Waals surface area contributed by atoms with E-state index in [1.54, 1.807) is 12.4 Å². The lowest BCUT2D eigenvalue weighted by Crippen LogP contribution is -2.43. The summed E-state index contributed by atoms with van der Waals surface area (Å²) in [5.74, 6) is -1.21. The van der Waals surface area contributed by atoms with Gasteiger partial charge in [0.2, 0.25) is 0 Å². The van der Waals surface area contributed by atoms with Crippen LogP contribution in [0.1, 0.15) is 28.3 Å². The molecule has 0 saturated heterocycles. The number of ether oxygens (including phenoxy) is 1. The van der Waals surface area contributed by atoms with E-state index in [9.17, 15) is 14.7 Å². The second kappa shape index (κ2) is 9.85. The zero-order valence-corrected chi connectivity index (χ0v) is 19.0.